The molecular formula is C11H11ClN2O4S2. The summed E-state index contributed by atoms with van der Waals surface area (Å²) in [5.74, 6) is -0.204. The van der Waals surface area contributed by atoms with E-state index in [0.29, 0.717) is 18.7 Å². The minimum Gasteiger partial charge on any atom is -0.351 e. The fourth-order valence-corrected chi connectivity index (χ4v) is 3.60. The molecule has 0 aliphatic rings. The number of nitrogens with zero attached hydrogens (tertiary/aromatic N) is 1. The Balaban J connectivity index is 1.87. The lowest BCUT2D eigenvalue weighted by molar-refractivity contribution is 0.0917. The van der Waals surface area contributed by atoms with Gasteiger partial charge in [-0.15, -0.1) is 11.3 Å². The van der Waals surface area contributed by atoms with Gasteiger partial charge in [0.05, 0.1) is 5.69 Å². The second-order valence-corrected chi connectivity index (χ2v) is 7.96. The summed E-state index contributed by atoms with van der Waals surface area (Å²) in [4.78, 5) is 12.5. The molecule has 0 aliphatic carbocycles. The van der Waals surface area contributed by atoms with Gasteiger partial charge in [0.25, 0.3) is 15.0 Å². The zero-order valence-electron chi connectivity index (χ0n) is 10.4. The average Bonchev–Trinajstić information content (AvgIpc) is 2.97. The fourth-order valence-electron chi connectivity index (χ4n) is 1.48. The van der Waals surface area contributed by atoms with E-state index in [1.165, 1.54) is 6.07 Å². The molecule has 9 heteroatoms. The maximum Gasteiger partial charge on any atom is 0.289 e. The molecule has 0 spiro atoms. The molecule has 2 heterocycles. The smallest absolute Gasteiger partial charge is 0.289 e. The summed E-state index contributed by atoms with van der Waals surface area (Å²) in [6.45, 7) is 2.08. The predicted molar refractivity (Wildman–Crippen MR) is 74.6 cm³/mol. The molecule has 1 amide bonds. The lowest BCUT2D eigenvalue weighted by Gasteiger charge is -2.00. The second-order valence-electron chi connectivity index (χ2n) is 4.00. The van der Waals surface area contributed by atoms with E-state index >= 15 is 0 Å². The van der Waals surface area contributed by atoms with Crippen molar-refractivity contribution in [1.82, 2.24) is 10.5 Å². The zero-order chi connectivity index (χ0) is 14.8. The Hall–Kier alpha value is -1.38. The van der Waals surface area contributed by atoms with Gasteiger partial charge in [-0.3, -0.25) is 4.79 Å². The van der Waals surface area contributed by atoms with Crippen molar-refractivity contribution in [3.8, 4) is 0 Å². The number of hydrogen-bond acceptors (Lipinski definition) is 6. The molecule has 0 saturated heterocycles. The molecule has 0 atom stereocenters. The van der Waals surface area contributed by atoms with E-state index in [-0.39, 0.29) is 15.9 Å². The molecule has 0 bridgehead atoms. The molecule has 20 heavy (non-hydrogen) atoms. The van der Waals surface area contributed by atoms with E-state index < -0.39 is 9.05 Å². The number of halogens is 1. The Labute approximate surface area is 124 Å². The molecule has 0 radical (unpaired) electrons. The van der Waals surface area contributed by atoms with Crippen molar-refractivity contribution in [3.05, 3.63) is 34.5 Å². The zero-order valence-corrected chi connectivity index (χ0v) is 12.8. The monoisotopic (exact) mass is 334 g/mol. The van der Waals surface area contributed by atoms with Crippen LogP contribution in [0.2, 0.25) is 0 Å². The van der Waals surface area contributed by atoms with E-state index in [1.54, 1.807) is 19.1 Å². The molecule has 6 nitrogen and oxygen atoms in total. The van der Waals surface area contributed by atoms with Gasteiger partial charge in [0, 0.05) is 28.2 Å². The van der Waals surface area contributed by atoms with Crippen molar-refractivity contribution < 1.29 is 17.7 Å². The molecule has 2 aromatic heterocycles. The number of aryl methyl sites for hydroxylation is 1. The normalized spacial score (nSPS) is 11.5. The third kappa shape index (κ3) is 3.81. The molecule has 2 aromatic rings. The number of aromatic nitrogens is 1. The van der Waals surface area contributed by atoms with Crippen LogP contribution in [0.1, 0.15) is 21.1 Å². The number of rotatable bonds is 5. The molecular weight excluding hydrogens is 324 g/mol. The van der Waals surface area contributed by atoms with E-state index in [9.17, 15) is 13.2 Å². The second kappa shape index (κ2) is 5.94. The first-order chi connectivity index (χ1) is 9.36. The van der Waals surface area contributed by atoms with Crippen molar-refractivity contribution in [2.75, 3.05) is 6.54 Å². The first-order valence-corrected chi connectivity index (χ1v) is 8.74. The number of hydrogen-bond donors (Lipinski definition) is 1. The minimum absolute atomic E-state index is 0.103. The van der Waals surface area contributed by atoms with Gasteiger partial charge in [0.1, 0.15) is 4.21 Å². The van der Waals surface area contributed by atoms with Crippen LogP contribution in [0.15, 0.2) is 26.9 Å². The first kappa shape index (κ1) is 15.0. The summed E-state index contributed by atoms with van der Waals surface area (Å²) in [7, 11) is 1.55. The number of carbonyl (C=O) groups excluding carboxylic acids is 1. The summed E-state index contributed by atoms with van der Waals surface area (Å²) < 4.78 is 27.1. The third-order valence-corrected chi connectivity index (χ3v) is 5.62. The van der Waals surface area contributed by atoms with Crippen LogP contribution in [0.4, 0.5) is 0 Å². The van der Waals surface area contributed by atoms with Crippen molar-refractivity contribution in [1.29, 1.82) is 0 Å². The lowest BCUT2D eigenvalue weighted by atomic mass is 10.3. The summed E-state index contributed by atoms with van der Waals surface area (Å²) >= 11 is 1.08. The van der Waals surface area contributed by atoms with Gasteiger partial charge in [0.2, 0.25) is 5.76 Å². The molecule has 1 N–H and O–H groups in total. The van der Waals surface area contributed by atoms with Crippen molar-refractivity contribution in [2.24, 2.45) is 0 Å². The Morgan fingerprint density at radius 2 is 2.25 bits per heavy atom. The highest BCUT2D eigenvalue weighted by Crippen LogP contribution is 2.24. The van der Waals surface area contributed by atoms with Crippen LogP contribution in [0, 0.1) is 6.92 Å². The van der Waals surface area contributed by atoms with Crippen LogP contribution in [0.25, 0.3) is 0 Å². The molecule has 108 valence electrons. The van der Waals surface area contributed by atoms with Crippen LogP contribution in [-0.4, -0.2) is 26.0 Å². The Morgan fingerprint density at radius 1 is 1.50 bits per heavy atom. The van der Waals surface area contributed by atoms with Gasteiger partial charge in [0.15, 0.2) is 0 Å². The van der Waals surface area contributed by atoms with Crippen LogP contribution in [0.3, 0.4) is 0 Å². The molecule has 0 aliphatic heterocycles. The van der Waals surface area contributed by atoms with Gasteiger partial charge in [-0.1, -0.05) is 5.16 Å². The largest absolute Gasteiger partial charge is 0.351 e. The number of carbonyl (C=O) groups is 1. The highest BCUT2D eigenvalue weighted by molar-refractivity contribution is 8.15. The van der Waals surface area contributed by atoms with E-state index in [2.05, 4.69) is 10.5 Å². The van der Waals surface area contributed by atoms with Crippen molar-refractivity contribution in [3.63, 3.8) is 0 Å². The first-order valence-electron chi connectivity index (χ1n) is 5.61. The highest BCUT2D eigenvalue weighted by Gasteiger charge is 2.14. The lowest BCUT2D eigenvalue weighted by Crippen LogP contribution is -2.25. The Kier molecular flexibility index (Phi) is 4.46. The predicted octanol–water partition coefficient (Wildman–Crippen LogP) is 1.94. The number of nitrogens with one attached hydrogen (secondary N) is 1. The summed E-state index contributed by atoms with van der Waals surface area (Å²) in [5, 5.41) is 6.28. The molecule has 0 aromatic carbocycles. The Bertz CT molecular complexity index is 720. The van der Waals surface area contributed by atoms with Gasteiger partial charge in [-0.25, -0.2) is 8.42 Å². The summed E-state index contributed by atoms with van der Waals surface area (Å²) in [5.41, 5.74) is 0.630. The van der Waals surface area contributed by atoms with Crippen molar-refractivity contribution >= 4 is 37.0 Å². The molecule has 0 saturated carbocycles. The summed E-state index contributed by atoms with van der Waals surface area (Å²) in [6.07, 6.45) is 0.510. The maximum absolute atomic E-state index is 11.7. The van der Waals surface area contributed by atoms with Gasteiger partial charge < -0.3 is 9.84 Å². The third-order valence-electron chi connectivity index (χ3n) is 2.39. The number of amides is 1. The van der Waals surface area contributed by atoms with Crippen molar-refractivity contribution in [2.45, 2.75) is 17.6 Å². The minimum atomic E-state index is -3.68. The van der Waals surface area contributed by atoms with E-state index in [4.69, 9.17) is 15.2 Å². The van der Waals surface area contributed by atoms with Gasteiger partial charge >= 0.3 is 0 Å². The highest BCUT2D eigenvalue weighted by atomic mass is 35.7. The van der Waals surface area contributed by atoms with Gasteiger partial charge in [-0.2, -0.15) is 0 Å². The number of thiophene rings is 1. The topological polar surface area (TPSA) is 89.3 Å². The van der Waals surface area contributed by atoms with Crippen LogP contribution in [0.5, 0.6) is 0 Å². The molecule has 0 unspecified atom stereocenters. The average molecular weight is 335 g/mol. The summed E-state index contributed by atoms with van der Waals surface area (Å²) in [6, 6.07) is 4.66. The maximum atomic E-state index is 11.7. The van der Waals surface area contributed by atoms with Crippen LogP contribution < -0.4 is 5.32 Å². The molecule has 2 rings (SSSR count). The standard InChI is InChI=1S/C11H11ClN2O4S2/c1-7-6-9(18-14-7)11(15)13-5-4-8-2-3-10(19-8)20(12,16)17/h2-3,6H,4-5H2,1H3,(H,13,15). The van der Waals surface area contributed by atoms with E-state index in [1.807, 2.05) is 0 Å². The molecule has 0 fully saturated rings. The van der Waals surface area contributed by atoms with Gasteiger partial charge in [-0.05, 0) is 25.5 Å². The SMILES string of the molecule is Cc1cc(C(=O)NCCc2ccc(S(=O)(=O)Cl)s2)on1. The van der Waals surface area contributed by atoms with E-state index in [0.717, 1.165) is 16.2 Å². The quantitative estimate of drug-likeness (QED) is 0.844. The van der Waals surface area contributed by atoms with Crippen LogP contribution in [-0.2, 0) is 15.5 Å². The fraction of sp³-hybridized carbons (Fsp3) is 0.273. The van der Waals surface area contributed by atoms with Crippen LogP contribution >= 0.6 is 22.0 Å². The Morgan fingerprint density at radius 3 is 2.80 bits per heavy atom.